The van der Waals surface area contributed by atoms with Crippen LogP contribution in [-0.4, -0.2) is 132 Å². The molecule has 0 spiro atoms. The SMILES string of the molecule is C=CCCC(=O)C(O)[C@@H]1CCCCNC(=O)OCCC[C@H](C)C(=O)N2C[C@H]3[C@@H]([C@H]2C(=O)C1)C3(C)C.C=CCCC(=O)C(OC(C)=O)[C@@H]1CCCCNC(=O)OCCC[C@H](C)C(=O)N2C[C@H]3[C@@H]([C@H]2C(=O)C1)C3(C)C. The molecule has 0 radical (unpaired) electrons. The van der Waals surface area contributed by atoms with Crippen LogP contribution in [0.2, 0.25) is 0 Å². The summed E-state index contributed by atoms with van der Waals surface area (Å²) in [5.74, 6) is -2.16. The number of piperidine rings is 2. The highest BCUT2D eigenvalue weighted by molar-refractivity contribution is 5.94. The van der Waals surface area contributed by atoms with E-state index in [1.807, 2.05) is 13.8 Å². The van der Waals surface area contributed by atoms with Crippen molar-refractivity contribution in [2.24, 2.45) is 58.2 Å². The van der Waals surface area contributed by atoms with Crippen molar-refractivity contribution in [3.05, 3.63) is 25.3 Å². The first-order valence-corrected chi connectivity index (χ1v) is 27.2. The smallest absolute Gasteiger partial charge is 0.407 e. The fourth-order valence-corrected chi connectivity index (χ4v) is 12.4. The van der Waals surface area contributed by atoms with Crippen molar-refractivity contribution in [3.63, 3.8) is 0 Å². The van der Waals surface area contributed by atoms with Gasteiger partial charge in [-0.3, -0.25) is 33.6 Å². The fraction of sp³-hybridized carbons (Fsp3) is 0.768. The number of nitrogens with one attached hydrogen (secondary N) is 2. The van der Waals surface area contributed by atoms with Crippen LogP contribution < -0.4 is 10.6 Å². The molecule has 0 aromatic heterocycles. The largest absolute Gasteiger partial charge is 0.454 e. The number of fused-ring (bicyclic) bond motifs is 6. The van der Waals surface area contributed by atoms with Gasteiger partial charge >= 0.3 is 18.2 Å². The number of carbonyl (C=O) groups is 9. The molecule has 6 aliphatic rings. The van der Waals surface area contributed by atoms with Gasteiger partial charge in [0.05, 0.1) is 25.3 Å². The summed E-state index contributed by atoms with van der Waals surface area (Å²) in [5.41, 5.74) is -0.0175. The van der Waals surface area contributed by atoms with Gasteiger partial charge in [0.2, 0.25) is 11.8 Å². The molecule has 408 valence electrons. The third-order valence-electron chi connectivity index (χ3n) is 17.0. The van der Waals surface area contributed by atoms with Gasteiger partial charge in [-0.15, -0.1) is 13.2 Å². The Morgan fingerprint density at radius 1 is 0.671 bits per heavy atom. The summed E-state index contributed by atoms with van der Waals surface area (Å²) in [6.07, 6.45) is 7.17. The van der Waals surface area contributed by atoms with Crippen molar-refractivity contribution in [3.8, 4) is 0 Å². The van der Waals surface area contributed by atoms with E-state index in [9.17, 15) is 48.3 Å². The summed E-state index contributed by atoms with van der Waals surface area (Å²) in [6.45, 7) is 23.3. The molecule has 2 unspecified atom stereocenters. The van der Waals surface area contributed by atoms with Crippen LogP contribution >= 0.6 is 0 Å². The molecule has 0 bridgehead atoms. The number of ether oxygens (including phenoxy) is 3. The Hall–Kier alpha value is -4.93. The number of hydrogen-bond donors (Lipinski definition) is 3. The summed E-state index contributed by atoms with van der Waals surface area (Å²) < 4.78 is 16.0. The number of rotatable bonds is 11. The molecule has 4 amide bonds. The molecule has 2 aliphatic carbocycles. The van der Waals surface area contributed by atoms with Crippen LogP contribution in [0.3, 0.4) is 0 Å². The molecule has 0 aromatic carbocycles. The number of Topliss-reactive ketones (excluding diaryl/α,β-unsaturated/α-hetero) is 4. The minimum Gasteiger partial charge on any atom is -0.454 e. The zero-order valence-electron chi connectivity index (χ0n) is 44.8. The van der Waals surface area contributed by atoms with Gasteiger partial charge in [0.15, 0.2) is 29.2 Å². The lowest BCUT2D eigenvalue weighted by Gasteiger charge is -2.33. The lowest BCUT2D eigenvalue weighted by molar-refractivity contribution is -0.157. The van der Waals surface area contributed by atoms with Gasteiger partial charge in [0.1, 0.15) is 6.10 Å². The highest BCUT2D eigenvalue weighted by Crippen LogP contribution is 2.66. The first-order valence-electron chi connectivity index (χ1n) is 27.2. The molecule has 4 aliphatic heterocycles. The number of allylic oxidation sites excluding steroid dienone is 2. The van der Waals surface area contributed by atoms with Gasteiger partial charge in [-0.1, -0.05) is 66.5 Å². The molecule has 0 aromatic rings. The molecule has 3 N–H and O–H groups in total. The van der Waals surface area contributed by atoms with Crippen LogP contribution in [0.15, 0.2) is 25.3 Å². The molecule has 4 saturated heterocycles. The molecular formula is C56H86N4O13. The number of hydrogen-bond acceptors (Lipinski definition) is 13. The summed E-state index contributed by atoms with van der Waals surface area (Å²) in [6, 6.07) is -1.04. The Balaban J connectivity index is 0.000000272. The van der Waals surface area contributed by atoms with Crippen LogP contribution in [0.25, 0.3) is 0 Å². The Kier molecular flexibility index (Phi) is 21.4. The van der Waals surface area contributed by atoms with Gasteiger partial charge in [0, 0.05) is 76.5 Å². The monoisotopic (exact) mass is 1020 g/mol. The zero-order chi connectivity index (χ0) is 53.8. The average Bonchev–Trinajstić information content (AvgIpc) is 3.78. The van der Waals surface area contributed by atoms with Crippen LogP contribution in [0.5, 0.6) is 0 Å². The first-order chi connectivity index (χ1) is 34.6. The maximum Gasteiger partial charge on any atom is 0.407 e. The number of aliphatic hydroxyl groups is 1. The predicted octanol–water partition coefficient (Wildman–Crippen LogP) is 7.11. The predicted molar refractivity (Wildman–Crippen MR) is 272 cm³/mol. The zero-order valence-corrected chi connectivity index (χ0v) is 44.8. The first kappa shape index (κ1) is 59.0. The molecule has 17 nitrogen and oxygen atoms in total. The Morgan fingerprint density at radius 3 is 1.53 bits per heavy atom. The topological polar surface area (TPSA) is 232 Å². The highest BCUT2D eigenvalue weighted by Gasteiger charge is 2.70. The standard InChI is InChI=1S/C29H44N2O7.C27H42N2O6/c1-6-7-13-22(33)26(38-19(3)32)20-12-8-9-14-30-28(36)37-15-10-11-18(2)27(35)31-17-21-24(29(21,4)5)25(31)23(34)16-20;1-5-6-12-20(30)24(32)18-11-7-8-13-28-26(34)35-14-9-10-17(2)25(33)29-16-19-22(27(19,3)4)23(29)21(31)15-18/h6,18,20-21,24-26H,1,7-17H2,2-5H3,(H,30,36);5,17-19,22-24,32H,1,6-16H2,2-4H3,(H,28,34)/t18-,20+,21-,24-,25+,26?;17-,18+,19-,22-,23+,24?/m00/s1. The minimum absolute atomic E-state index is 0.00681. The van der Waals surface area contributed by atoms with E-state index in [-0.39, 0.29) is 114 Å². The van der Waals surface area contributed by atoms with Crippen LogP contribution in [-0.2, 0) is 47.8 Å². The van der Waals surface area contributed by atoms with Gasteiger partial charge in [0.25, 0.3) is 0 Å². The van der Waals surface area contributed by atoms with Crippen LogP contribution in [0.1, 0.15) is 151 Å². The Labute approximate surface area is 433 Å². The number of carbonyl (C=O) groups excluding carboxylic acids is 9. The number of ketones is 4. The Morgan fingerprint density at radius 2 is 1.10 bits per heavy atom. The van der Waals surface area contributed by atoms with E-state index in [0.717, 1.165) is 0 Å². The molecule has 4 heterocycles. The third-order valence-corrected chi connectivity index (χ3v) is 17.0. The van der Waals surface area contributed by atoms with Gasteiger partial charge < -0.3 is 39.8 Å². The summed E-state index contributed by atoms with van der Waals surface area (Å²) in [4.78, 5) is 120. The van der Waals surface area contributed by atoms with E-state index in [0.29, 0.717) is 109 Å². The van der Waals surface area contributed by atoms with E-state index in [2.05, 4.69) is 51.5 Å². The normalized spacial score (nSPS) is 32.0. The maximum absolute atomic E-state index is 14.0. The van der Waals surface area contributed by atoms with Crippen LogP contribution in [0.4, 0.5) is 9.59 Å². The fourth-order valence-electron chi connectivity index (χ4n) is 12.4. The molecular weight excluding hydrogens is 937 g/mol. The summed E-state index contributed by atoms with van der Waals surface area (Å²) >= 11 is 0. The molecule has 6 rings (SSSR count). The average molecular weight is 1020 g/mol. The number of amides is 4. The number of esters is 1. The quantitative estimate of drug-likeness (QED) is 0.107. The van der Waals surface area contributed by atoms with Crippen molar-refractivity contribution in [2.45, 2.75) is 175 Å². The van der Waals surface area contributed by atoms with Gasteiger partial charge in [-0.05, 0) is 105 Å². The van der Waals surface area contributed by atoms with E-state index in [1.165, 1.54) is 6.92 Å². The highest BCUT2D eigenvalue weighted by atomic mass is 16.6. The third kappa shape index (κ3) is 15.1. The van der Waals surface area contributed by atoms with Gasteiger partial charge in [-0.2, -0.15) is 0 Å². The van der Waals surface area contributed by atoms with Gasteiger partial charge in [-0.25, -0.2) is 9.59 Å². The molecule has 2 saturated carbocycles. The molecule has 6 fully saturated rings. The maximum atomic E-state index is 14.0. The van der Waals surface area contributed by atoms with E-state index < -0.39 is 54.3 Å². The van der Waals surface area contributed by atoms with Crippen molar-refractivity contribution in [2.75, 3.05) is 39.4 Å². The van der Waals surface area contributed by atoms with E-state index in [1.54, 1.807) is 22.0 Å². The number of aliphatic hydroxyl groups excluding tert-OH is 1. The van der Waals surface area contributed by atoms with Crippen LogP contribution in [0, 0.1) is 58.2 Å². The summed E-state index contributed by atoms with van der Waals surface area (Å²) in [5, 5.41) is 16.3. The van der Waals surface area contributed by atoms with Crippen molar-refractivity contribution < 1.29 is 62.5 Å². The minimum atomic E-state index is -1.23. The molecule has 73 heavy (non-hydrogen) atoms. The molecule has 17 heteroatoms. The van der Waals surface area contributed by atoms with E-state index in [4.69, 9.17) is 14.2 Å². The molecule has 12 atom stereocenters. The second-order valence-corrected chi connectivity index (χ2v) is 22.9. The van der Waals surface area contributed by atoms with Crippen molar-refractivity contribution in [1.82, 2.24) is 20.4 Å². The van der Waals surface area contributed by atoms with Crippen molar-refractivity contribution in [1.29, 1.82) is 0 Å². The van der Waals surface area contributed by atoms with E-state index >= 15 is 0 Å². The number of nitrogens with zero attached hydrogens (tertiary/aromatic N) is 2. The Bertz CT molecular complexity index is 2040. The number of alkyl carbamates (subject to hydrolysis) is 2. The second-order valence-electron chi connectivity index (χ2n) is 22.9. The second kappa shape index (κ2) is 26.5. The lowest BCUT2D eigenvalue weighted by Crippen LogP contribution is -2.48. The lowest BCUT2D eigenvalue weighted by atomic mass is 9.84. The van der Waals surface area contributed by atoms with Crippen molar-refractivity contribution >= 4 is 53.1 Å². The summed E-state index contributed by atoms with van der Waals surface area (Å²) in [7, 11) is 0. The number of cyclic esters (lactones) is 2.